The van der Waals surface area contributed by atoms with Crippen LogP contribution in [-0.2, 0) is 26.0 Å². The fourth-order valence-electron chi connectivity index (χ4n) is 4.21. The van der Waals surface area contributed by atoms with Gasteiger partial charge in [-0.2, -0.15) is 0 Å². The maximum atomic E-state index is 13.5. The quantitative estimate of drug-likeness (QED) is 0.489. The van der Waals surface area contributed by atoms with Gasteiger partial charge in [0.2, 0.25) is 21.8 Å². The Morgan fingerprint density at radius 2 is 1.76 bits per heavy atom. The first-order valence-corrected chi connectivity index (χ1v) is 14.2. The fraction of sp³-hybridized carbons (Fsp3) is 0.440. The van der Waals surface area contributed by atoms with E-state index in [1.54, 1.807) is 31.2 Å². The lowest BCUT2D eigenvalue weighted by Crippen LogP contribution is -2.53. The van der Waals surface area contributed by atoms with Gasteiger partial charge < -0.3 is 10.2 Å². The molecule has 0 aliphatic heterocycles. The maximum Gasteiger partial charge on any atom is 0.244 e. The summed E-state index contributed by atoms with van der Waals surface area (Å²) in [6.07, 6.45) is 5.70. The zero-order valence-corrected chi connectivity index (χ0v) is 22.0. The number of amides is 2. The minimum Gasteiger partial charge on any atom is -0.352 e. The van der Waals surface area contributed by atoms with Crippen molar-refractivity contribution < 1.29 is 18.0 Å². The van der Waals surface area contributed by atoms with Gasteiger partial charge in [0.05, 0.1) is 11.9 Å². The molecule has 1 saturated carbocycles. The third-order valence-corrected chi connectivity index (χ3v) is 7.76. The minimum absolute atomic E-state index is 0.134. The summed E-state index contributed by atoms with van der Waals surface area (Å²) in [5.74, 6) is -0.628. The van der Waals surface area contributed by atoms with Crippen LogP contribution in [0.4, 0.5) is 5.69 Å². The number of sulfonamides is 1. The van der Waals surface area contributed by atoms with Gasteiger partial charge in [-0.15, -0.1) is 0 Å². The predicted molar refractivity (Wildman–Crippen MR) is 138 cm³/mol. The van der Waals surface area contributed by atoms with E-state index < -0.39 is 22.0 Å². The second kappa shape index (κ2) is 11.8. The van der Waals surface area contributed by atoms with Crippen LogP contribution in [0.2, 0.25) is 0 Å². The number of hydrogen-bond donors (Lipinski definition) is 1. The third-order valence-electron chi connectivity index (χ3n) is 6.13. The molecule has 1 fully saturated rings. The topological polar surface area (TPSA) is 86.8 Å². The van der Waals surface area contributed by atoms with Gasteiger partial charge in [-0.05, 0) is 49.9 Å². The molecule has 1 N–H and O–H groups in total. The molecular weight excluding hydrogens is 518 g/mol. The second-order valence-electron chi connectivity index (χ2n) is 8.74. The van der Waals surface area contributed by atoms with Crippen molar-refractivity contribution in [3.05, 3.63) is 64.6 Å². The summed E-state index contributed by atoms with van der Waals surface area (Å²) in [7, 11) is -3.73. The molecule has 0 unspecified atom stereocenters. The molecule has 2 aromatic rings. The fourth-order valence-corrected chi connectivity index (χ4v) is 5.44. The van der Waals surface area contributed by atoms with Gasteiger partial charge in [-0.1, -0.05) is 65.2 Å². The highest BCUT2D eigenvalue weighted by Gasteiger charge is 2.31. The number of hydrogen-bond acceptors (Lipinski definition) is 4. The van der Waals surface area contributed by atoms with E-state index >= 15 is 0 Å². The van der Waals surface area contributed by atoms with E-state index in [0.717, 1.165) is 41.8 Å². The van der Waals surface area contributed by atoms with Crippen molar-refractivity contribution in [2.75, 3.05) is 23.7 Å². The standard InChI is InChI=1S/C25H32BrN3O4S/c1-19(25(31)27-22-12-6-7-13-22)28(16-15-20-9-4-3-5-10-20)24(30)18-29(34(2,32)33)23-14-8-11-21(26)17-23/h3-5,8-11,14,17,19,22H,6-7,12-13,15-16,18H2,1-2H3,(H,27,31)/t19-/m0/s1. The van der Waals surface area contributed by atoms with E-state index in [-0.39, 0.29) is 18.5 Å². The first kappa shape index (κ1) is 26.2. The molecule has 2 amide bonds. The molecule has 1 atom stereocenters. The van der Waals surface area contributed by atoms with Gasteiger partial charge in [0, 0.05) is 17.1 Å². The molecule has 0 radical (unpaired) electrons. The van der Waals surface area contributed by atoms with Crippen molar-refractivity contribution in [3.63, 3.8) is 0 Å². The lowest BCUT2D eigenvalue weighted by atomic mass is 10.1. The van der Waals surface area contributed by atoms with Crippen LogP contribution in [0.5, 0.6) is 0 Å². The lowest BCUT2D eigenvalue weighted by Gasteiger charge is -2.32. The summed E-state index contributed by atoms with van der Waals surface area (Å²) >= 11 is 3.36. The number of nitrogens with one attached hydrogen (secondary N) is 1. The minimum atomic E-state index is -3.73. The van der Waals surface area contributed by atoms with Crippen LogP contribution in [-0.4, -0.2) is 56.6 Å². The second-order valence-corrected chi connectivity index (χ2v) is 11.6. The number of anilines is 1. The van der Waals surface area contributed by atoms with Crippen LogP contribution < -0.4 is 9.62 Å². The maximum absolute atomic E-state index is 13.5. The highest BCUT2D eigenvalue weighted by molar-refractivity contribution is 9.10. The Hall–Kier alpha value is -2.39. The largest absolute Gasteiger partial charge is 0.352 e. The van der Waals surface area contributed by atoms with Gasteiger partial charge in [0.1, 0.15) is 12.6 Å². The van der Waals surface area contributed by atoms with Crippen LogP contribution in [0.15, 0.2) is 59.1 Å². The summed E-state index contributed by atoms with van der Waals surface area (Å²) < 4.78 is 26.9. The first-order valence-electron chi connectivity index (χ1n) is 11.5. The molecule has 0 aromatic heterocycles. The molecule has 0 saturated heterocycles. The summed E-state index contributed by atoms with van der Waals surface area (Å²) in [6, 6.07) is 15.9. The number of halogens is 1. The number of rotatable bonds is 10. The smallest absolute Gasteiger partial charge is 0.244 e. The van der Waals surface area contributed by atoms with Crippen LogP contribution >= 0.6 is 15.9 Å². The molecule has 9 heteroatoms. The van der Waals surface area contributed by atoms with E-state index in [2.05, 4.69) is 21.2 Å². The third kappa shape index (κ3) is 7.30. The summed E-state index contributed by atoms with van der Waals surface area (Å²) in [5.41, 5.74) is 1.42. The molecule has 2 aromatic carbocycles. The summed E-state index contributed by atoms with van der Waals surface area (Å²) in [6.45, 7) is 1.63. The van der Waals surface area contributed by atoms with Crippen molar-refractivity contribution >= 4 is 43.5 Å². The highest BCUT2D eigenvalue weighted by Crippen LogP contribution is 2.23. The van der Waals surface area contributed by atoms with E-state index in [1.165, 1.54) is 4.90 Å². The Morgan fingerprint density at radius 1 is 1.09 bits per heavy atom. The highest BCUT2D eigenvalue weighted by atomic mass is 79.9. The molecule has 0 spiro atoms. The SMILES string of the molecule is C[C@@H](C(=O)NC1CCCC1)N(CCc1ccccc1)C(=O)CN(c1cccc(Br)c1)S(C)(=O)=O. The molecule has 1 aliphatic rings. The van der Waals surface area contributed by atoms with E-state index in [1.807, 2.05) is 30.3 Å². The zero-order chi connectivity index (χ0) is 24.7. The van der Waals surface area contributed by atoms with Crippen molar-refractivity contribution in [2.24, 2.45) is 0 Å². The number of benzene rings is 2. The summed E-state index contributed by atoms with van der Waals surface area (Å²) in [4.78, 5) is 28.0. The molecule has 34 heavy (non-hydrogen) atoms. The molecule has 0 bridgehead atoms. The average molecular weight is 551 g/mol. The summed E-state index contributed by atoms with van der Waals surface area (Å²) in [5, 5.41) is 3.06. The van der Waals surface area contributed by atoms with Gasteiger partial charge in [0.15, 0.2) is 0 Å². The average Bonchev–Trinajstić information content (AvgIpc) is 3.30. The van der Waals surface area contributed by atoms with E-state index in [9.17, 15) is 18.0 Å². The first-order chi connectivity index (χ1) is 16.1. The Kier molecular flexibility index (Phi) is 9.13. The molecule has 7 nitrogen and oxygen atoms in total. The predicted octanol–water partition coefficient (Wildman–Crippen LogP) is 3.73. The van der Waals surface area contributed by atoms with Gasteiger partial charge in [-0.25, -0.2) is 8.42 Å². The Balaban J connectivity index is 1.81. The van der Waals surface area contributed by atoms with Crippen molar-refractivity contribution in [1.29, 1.82) is 0 Å². The Morgan fingerprint density at radius 3 is 2.38 bits per heavy atom. The van der Waals surface area contributed by atoms with Crippen molar-refractivity contribution in [1.82, 2.24) is 10.2 Å². The van der Waals surface area contributed by atoms with Crippen LogP contribution in [0, 0.1) is 0 Å². The van der Waals surface area contributed by atoms with E-state index in [0.29, 0.717) is 23.1 Å². The number of carbonyl (C=O) groups excluding carboxylic acids is 2. The van der Waals surface area contributed by atoms with Crippen molar-refractivity contribution in [3.8, 4) is 0 Å². The normalized spacial score (nSPS) is 15.0. The Labute approximate surface area is 210 Å². The van der Waals surface area contributed by atoms with E-state index in [4.69, 9.17) is 0 Å². The molecule has 0 heterocycles. The molecule has 3 rings (SSSR count). The van der Waals surface area contributed by atoms with Crippen LogP contribution in [0.1, 0.15) is 38.2 Å². The number of carbonyl (C=O) groups is 2. The molecular formula is C25H32BrN3O4S. The lowest BCUT2D eigenvalue weighted by molar-refractivity contribution is -0.139. The van der Waals surface area contributed by atoms with Crippen LogP contribution in [0.3, 0.4) is 0 Å². The molecule has 184 valence electrons. The molecule has 1 aliphatic carbocycles. The Bertz CT molecular complexity index is 1090. The van der Waals surface area contributed by atoms with Crippen LogP contribution in [0.25, 0.3) is 0 Å². The number of nitrogens with zero attached hydrogens (tertiary/aromatic N) is 2. The van der Waals surface area contributed by atoms with Crippen molar-refractivity contribution in [2.45, 2.75) is 51.1 Å². The van der Waals surface area contributed by atoms with Gasteiger partial charge >= 0.3 is 0 Å². The van der Waals surface area contributed by atoms with Gasteiger partial charge in [0.25, 0.3) is 0 Å². The van der Waals surface area contributed by atoms with Gasteiger partial charge in [-0.3, -0.25) is 13.9 Å². The monoisotopic (exact) mass is 549 g/mol. The zero-order valence-electron chi connectivity index (χ0n) is 19.6.